The van der Waals surface area contributed by atoms with Gasteiger partial charge in [-0.25, -0.2) is 0 Å². The van der Waals surface area contributed by atoms with Crippen LogP contribution in [-0.2, 0) is 17.9 Å². The maximum atomic E-state index is 12.3. The fourth-order valence-electron chi connectivity index (χ4n) is 4.30. The molecule has 2 aromatic rings. The lowest BCUT2D eigenvalue weighted by molar-refractivity contribution is -0.133. The van der Waals surface area contributed by atoms with Crippen LogP contribution in [-0.4, -0.2) is 31.0 Å². The van der Waals surface area contributed by atoms with Crippen LogP contribution in [0.25, 0.3) is 0 Å². The third-order valence-corrected chi connectivity index (χ3v) is 7.08. The van der Waals surface area contributed by atoms with Crippen LogP contribution in [0.3, 0.4) is 0 Å². The molecule has 0 aliphatic carbocycles. The second-order valence-corrected chi connectivity index (χ2v) is 9.70. The molecule has 1 aliphatic rings. The first-order valence-electron chi connectivity index (χ1n) is 11.6. The number of ether oxygens (including phenoxy) is 1. The number of hydrogen-bond acceptors (Lipinski definition) is 4. The first kappa shape index (κ1) is 24.4. The Hall–Kier alpha value is -2.21. The van der Waals surface area contributed by atoms with Gasteiger partial charge in [0.15, 0.2) is 0 Å². The van der Waals surface area contributed by atoms with Crippen molar-refractivity contribution in [2.45, 2.75) is 65.5 Å². The number of nitrogens with zero attached hydrogens (tertiary/aromatic N) is 2. The predicted molar refractivity (Wildman–Crippen MR) is 136 cm³/mol. The molecule has 32 heavy (non-hydrogen) atoms. The normalized spacial score (nSPS) is 14.2. The molecule has 174 valence electrons. The number of halogens is 1. The van der Waals surface area contributed by atoms with Gasteiger partial charge in [0.2, 0.25) is 5.91 Å². The van der Waals surface area contributed by atoms with Gasteiger partial charge in [0.1, 0.15) is 11.4 Å². The highest BCUT2D eigenvalue weighted by Crippen LogP contribution is 2.43. The molecule has 0 radical (unpaired) electrons. The highest BCUT2D eigenvalue weighted by atomic mass is 79.9. The van der Waals surface area contributed by atoms with Gasteiger partial charge in [0.25, 0.3) is 0 Å². The molecule has 0 spiro atoms. The Morgan fingerprint density at radius 2 is 1.94 bits per heavy atom. The van der Waals surface area contributed by atoms with Crippen LogP contribution < -0.4 is 15.4 Å². The van der Waals surface area contributed by atoms with E-state index >= 15 is 0 Å². The second kappa shape index (κ2) is 11.1. The van der Waals surface area contributed by atoms with E-state index < -0.39 is 0 Å². The average Bonchev–Trinajstić information content (AvgIpc) is 2.78. The van der Waals surface area contributed by atoms with E-state index in [0.29, 0.717) is 24.6 Å². The lowest BCUT2D eigenvalue weighted by Gasteiger charge is -2.31. The Balaban J connectivity index is 1.92. The summed E-state index contributed by atoms with van der Waals surface area (Å²) in [6.07, 6.45) is 3.65. The lowest BCUT2D eigenvalue weighted by Crippen LogP contribution is -2.34. The summed E-state index contributed by atoms with van der Waals surface area (Å²) in [5, 5.41) is 0. The van der Waals surface area contributed by atoms with Gasteiger partial charge in [-0.3, -0.25) is 4.79 Å². The van der Waals surface area contributed by atoms with Crippen LogP contribution in [0.1, 0.15) is 69.1 Å². The molecule has 3 rings (SSSR count). The molecule has 1 fully saturated rings. The van der Waals surface area contributed by atoms with Crippen molar-refractivity contribution in [1.29, 1.82) is 0 Å². The van der Waals surface area contributed by atoms with Crippen molar-refractivity contribution < 1.29 is 9.53 Å². The molecule has 1 aliphatic heterocycles. The van der Waals surface area contributed by atoms with E-state index in [4.69, 9.17) is 10.5 Å². The minimum atomic E-state index is 0.210. The van der Waals surface area contributed by atoms with Crippen molar-refractivity contribution >= 4 is 33.2 Å². The number of likely N-dealkylation sites (tertiary alicyclic amines) is 1. The monoisotopic (exact) mass is 501 g/mol. The molecule has 2 N–H and O–H groups in total. The van der Waals surface area contributed by atoms with Gasteiger partial charge in [-0.05, 0) is 63.9 Å². The molecule has 5 nitrogen and oxygen atoms in total. The third kappa shape index (κ3) is 5.58. The number of carbonyl (C=O) groups is 1. The fraction of sp³-hybridized carbons (Fsp3) is 0.500. The van der Waals surface area contributed by atoms with E-state index in [1.54, 1.807) is 7.11 Å². The van der Waals surface area contributed by atoms with Crippen molar-refractivity contribution in [1.82, 2.24) is 4.90 Å². The van der Waals surface area contributed by atoms with Crippen LogP contribution in [0.5, 0.6) is 5.75 Å². The number of anilines is 2. The largest absolute Gasteiger partial charge is 0.494 e. The summed E-state index contributed by atoms with van der Waals surface area (Å²) in [6, 6.07) is 10.8. The number of nitrogens with two attached hydrogens (primary N) is 1. The quantitative estimate of drug-likeness (QED) is 0.422. The number of carbonyl (C=O) groups excluding carboxylic acids is 1. The molecule has 0 unspecified atom stereocenters. The zero-order valence-electron chi connectivity index (χ0n) is 19.8. The molecule has 2 aromatic carbocycles. The SMILES string of the molecule is CCCN(Cc1ccc(C(C)C)cc1)c1c(OC)cc(CN2CCCCC2=O)c(Br)c1N. The van der Waals surface area contributed by atoms with Gasteiger partial charge in [-0.1, -0.05) is 45.0 Å². The number of amides is 1. The fourth-order valence-corrected chi connectivity index (χ4v) is 4.73. The molecule has 0 atom stereocenters. The number of piperidine rings is 1. The molecular formula is C26H36BrN3O2. The molecule has 1 heterocycles. The van der Waals surface area contributed by atoms with E-state index in [2.05, 4.69) is 65.9 Å². The highest BCUT2D eigenvalue weighted by molar-refractivity contribution is 9.10. The number of rotatable bonds is 9. The Morgan fingerprint density at radius 3 is 2.53 bits per heavy atom. The van der Waals surface area contributed by atoms with Crippen molar-refractivity contribution in [2.24, 2.45) is 0 Å². The summed E-state index contributed by atoms with van der Waals surface area (Å²) in [6.45, 7) is 9.55. The van der Waals surface area contributed by atoms with Gasteiger partial charge in [0, 0.05) is 37.1 Å². The van der Waals surface area contributed by atoms with E-state index in [1.807, 2.05) is 11.0 Å². The summed E-state index contributed by atoms with van der Waals surface area (Å²) < 4.78 is 6.66. The predicted octanol–water partition coefficient (Wildman–Crippen LogP) is 6.09. The Kier molecular flexibility index (Phi) is 8.46. The van der Waals surface area contributed by atoms with Crippen molar-refractivity contribution in [2.75, 3.05) is 30.8 Å². The molecule has 0 saturated carbocycles. The van der Waals surface area contributed by atoms with Crippen LogP contribution in [0.15, 0.2) is 34.8 Å². The zero-order chi connectivity index (χ0) is 23.3. The van der Waals surface area contributed by atoms with E-state index in [-0.39, 0.29) is 5.91 Å². The molecule has 0 aromatic heterocycles. The minimum Gasteiger partial charge on any atom is -0.494 e. The first-order chi connectivity index (χ1) is 15.3. The molecular weight excluding hydrogens is 466 g/mol. The van der Waals surface area contributed by atoms with Crippen LogP contribution in [0, 0.1) is 0 Å². The summed E-state index contributed by atoms with van der Waals surface area (Å²) >= 11 is 3.73. The van der Waals surface area contributed by atoms with E-state index in [0.717, 1.165) is 60.4 Å². The molecule has 1 amide bonds. The summed E-state index contributed by atoms with van der Waals surface area (Å²) in [5.41, 5.74) is 11.8. The minimum absolute atomic E-state index is 0.210. The summed E-state index contributed by atoms with van der Waals surface area (Å²) in [4.78, 5) is 16.5. The van der Waals surface area contributed by atoms with E-state index in [9.17, 15) is 4.79 Å². The van der Waals surface area contributed by atoms with Crippen molar-refractivity contribution in [3.63, 3.8) is 0 Å². The molecule has 1 saturated heterocycles. The number of methoxy groups -OCH3 is 1. The van der Waals surface area contributed by atoms with Gasteiger partial charge in [-0.2, -0.15) is 0 Å². The lowest BCUT2D eigenvalue weighted by atomic mass is 10.0. The van der Waals surface area contributed by atoms with Crippen LogP contribution >= 0.6 is 15.9 Å². The smallest absolute Gasteiger partial charge is 0.222 e. The van der Waals surface area contributed by atoms with Gasteiger partial charge in [0.05, 0.1) is 12.8 Å². The van der Waals surface area contributed by atoms with Crippen molar-refractivity contribution in [3.8, 4) is 5.75 Å². The Bertz CT molecular complexity index is 928. The van der Waals surface area contributed by atoms with Crippen LogP contribution in [0.4, 0.5) is 11.4 Å². The molecule has 0 bridgehead atoms. The Morgan fingerprint density at radius 1 is 1.22 bits per heavy atom. The van der Waals surface area contributed by atoms with Crippen molar-refractivity contribution in [3.05, 3.63) is 51.5 Å². The van der Waals surface area contributed by atoms with Gasteiger partial charge in [-0.15, -0.1) is 0 Å². The molecule has 6 heteroatoms. The number of nitrogen functional groups attached to an aromatic ring is 1. The summed E-state index contributed by atoms with van der Waals surface area (Å²) in [7, 11) is 1.68. The Labute approximate surface area is 201 Å². The summed E-state index contributed by atoms with van der Waals surface area (Å²) in [5.74, 6) is 1.47. The highest BCUT2D eigenvalue weighted by Gasteiger charge is 2.24. The number of benzene rings is 2. The number of hydrogen-bond donors (Lipinski definition) is 1. The maximum Gasteiger partial charge on any atom is 0.222 e. The van der Waals surface area contributed by atoms with Crippen LogP contribution in [0.2, 0.25) is 0 Å². The van der Waals surface area contributed by atoms with E-state index in [1.165, 1.54) is 11.1 Å². The van der Waals surface area contributed by atoms with Gasteiger partial charge < -0.3 is 20.3 Å². The zero-order valence-corrected chi connectivity index (χ0v) is 21.4. The third-order valence-electron chi connectivity index (χ3n) is 6.14. The standard InChI is InChI=1S/C26H36BrN3O2/c1-5-13-30(16-19-9-11-20(12-10-19)18(2)3)26-22(32-4)15-21(24(27)25(26)28)17-29-14-7-6-8-23(29)31/h9-12,15,18H,5-8,13-14,16-17,28H2,1-4H3. The van der Waals surface area contributed by atoms with Gasteiger partial charge >= 0.3 is 0 Å². The average molecular weight is 502 g/mol. The first-order valence-corrected chi connectivity index (χ1v) is 12.4. The maximum absolute atomic E-state index is 12.3. The topological polar surface area (TPSA) is 58.8 Å². The second-order valence-electron chi connectivity index (χ2n) is 8.90.